The lowest BCUT2D eigenvalue weighted by Gasteiger charge is -2.17. The van der Waals surface area contributed by atoms with E-state index in [9.17, 15) is 8.78 Å². The average Bonchev–Trinajstić information content (AvgIpc) is 3.09. The van der Waals surface area contributed by atoms with Crippen molar-refractivity contribution in [1.29, 1.82) is 0 Å². The summed E-state index contributed by atoms with van der Waals surface area (Å²) in [5.41, 5.74) is 0.370. The molecule has 0 spiro atoms. The quantitative estimate of drug-likeness (QED) is 0.786. The highest BCUT2D eigenvalue weighted by molar-refractivity contribution is 6.30. The number of benzene rings is 1. The van der Waals surface area contributed by atoms with Gasteiger partial charge in [-0.05, 0) is 37.9 Å². The van der Waals surface area contributed by atoms with Crippen LogP contribution in [0.1, 0.15) is 37.3 Å². The standard InChI is InChI=1S/C13H16ClF2N/c1-17-13(5-4-8-2-3-8)9-6-12(16)10(14)7-11(9)15/h6-8,13,17H,2-5H2,1H3. The number of hydrogen-bond acceptors (Lipinski definition) is 1. The summed E-state index contributed by atoms with van der Waals surface area (Å²) in [6.45, 7) is 0. The lowest BCUT2D eigenvalue weighted by Crippen LogP contribution is -2.18. The van der Waals surface area contributed by atoms with Crippen LogP contribution in [0, 0.1) is 17.6 Å². The predicted octanol–water partition coefficient (Wildman–Crippen LogP) is 4.07. The first-order valence-corrected chi connectivity index (χ1v) is 6.31. The smallest absolute Gasteiger partial charge is 0.142 e. The maximum atomic E-state index is 13.7. The minimum atomic E-state index is -0.560. The molecular weight excluding hydrogens is 244 g/mol. The van der Waals surface area contributed by atoms with Crippen LogP contribution < -0.4 is 5.32 Å². The highest BCUT2D eigenvalue weighted by atomic mass is 35.5. The molecule has 1 aliphatic carbocycles. The molecule has 1 saturated carbocycles. The van der Waals surface area contributed by atoms with Crippen LogP contribution in [0.15, 0.2) is 12.1 Å². The van der Waals surface area contributed by atoms with E-state index in [0.717, 1.165) is 24.8 Å². The Morgan fingerprint density at radius 3 is 2.65 bits per heavy atom. The molecule has 1 nitrogen and oxygen atoms in total. The first-order valence-electron chi connectivity index (χ1n) is 5.93. The molecule has 0 saturated heterocycles. The molecule has 1 aromatic carbocycles. The van der Waals surface area contributed by atoms with Crippen molar-refractivity contribution in [2.75, 3.05) is 7.05 Å². The van der Waals surface area contributed by atoms with E-state index in [4.69, 9.17) is 11.6 Å². The Bertz CT molecular complexity index is 405. The van der Waals surface area contributed by atoms with Crippen LogP contribution >= 0.6 is 11.6 Å². The second-order valence-corrected chi connectivity index (χ2v) is 5.06. The Morgan fingerprint density at radius 1 is 1.35 bits per heavy atom. The zero-order valence-electron chi connectivity index (χ0n) is 9.77. The number of halogens is 3. The van der Waals surface area contributed by atoms with Crippen LogP contribution in [0.25, 0.3) is 0 Å². The van der Waals surface area contributed by atoms with Gasteiger partial charge in [0.1, 0.15) is 11.6 Å². The molecule has 0 heterocycles. The van der Waals surface area contributed by atoms with Gasteiger partial charge in [0.2, 0.25) is 0 Å². The highest BCUT2D eigenvalue weighted by Crippen LogP contribution is 2.36. The first-order chi connectivity index (χ1) is 8.11. The number of nitrogens with one attached hydrogen (secondary N) is 1. The minimum Gasteiger partial charge on any atom is -0.313 e. The fraction of sp³-hybridized carbons (Fsp3) is 0.538. The second-order valence-electron chi connectivity index (χ2n) is 4.65. The van der Waals surface area contributed by atoms with E-state index < -0.39 is 11.6 Å². The third-order valence-electron chi connectivity index (χ3n) is 3.32. The van der Waals surface area contributed by atoms with Crippen molar-refractivity contribution < 1.29 is 8.78 Å². The van der Waals surface area contributed by atoms with Gasteiger partial charge in [-0.3, -0.25) is 0 Å². The fourth-order valence-electron chi connectivity index (χ4n) is 2.07. The second kappa shape index (κ2) is 5.32. The van der Waals surface area contributed by atoms with Crippen LogP contribution in [0.5, 0.6) is 0 Å². The van der Waals surface area contributed by atoms with Crippen LogP contribution in [0.2, 0.25) is 5.02 Å². The van der Waals surface area contributed by atoms with Crippen LogP contribution in [-0.2, 0) is 0 Å². The Balaban J connectivity index is 2.13. The van der Waals surface area contributed by atoms with Gasteiger partial charge < -0.3 is 5.32 Å². The lowest BCUT2D eigenvalue weighted by molar-refractivity contribution is 0.475. The maximum Gasteiger partial charge on any atom is 0.142 e. The van der Waals surface area contributed by atoms with Gasteiger partial charge >= 0.3 is 0 Å². The van der Waals surface area contributed by atoms with Crippen molar-refractivity contribution in [3.63, 3.8) is 0 Å². The molecular formula is C13H16ClF2N. The van der Waals surface area contributed by atoms with Crippen molar-refractivity contribution in [2.45, 2.75) is 31.7 Å². The topological polar surface area (TPSA) is 12.0 Å². The molecule has 1 aromatic rings. The van der Waals surface area contributed by atoms with Crippen LogP contribution in [-0.4, -0.2) is 7.05 Å². The minimum absolute atomic E-state index is 0.137. The summed E-state index contributed by atoms with van der Waals surface area (Å²) in [5.74, 6) is -0.215. The first kappa shape index (κ1) is 12.8. The largest absolute Gasteiger partial charge is 0.313 e. The molecule has 94 valence electrons. The van der Waals surface area contributed by atoms with Crippen LogP contribution in [0.3, 0.4) is 0 Å². The molecule has 1 aliphatic rings. The van der Waals surface area contributed by atoms with Crippen molar-refractivity contribution in [3.05, 3.63) is 34.4 Å². The average molecular weight is 260 g/mol. The summed E-state index contributed by atoms with van der Waals surface area (Å²) in [7, 11) is 1.77. The van der Waals surface area contributed by atoms with Crippen molar-refractivity contribution >= 4 is 11.6 Å². The molecule has 0 bridgehead atoms. The van der Waals surface area contributed by atoms with E-state index in [1.54, 1.807) is 7.05 Å². The molecule has 0 radical (unpaired) electrons. The highest BCUT2D eigenvalue weighted by Gasteiger charge is 2.24. The zero-order chi connectivity index (χ0) is 12.4. The molecule has 1 N–H and O–H groups in total. The van der Waals surface area contributed by atoms with E-state index in [-0.39, 0.29) is 11.1 Å². The van der Waals surface area contributed by atoms with E-state index in [1.807, 2.05) is 0 Å². The molecule has 1 unspecified atom stereocenters. The van der Waals surface area contributed by atoms with Crippen molar-refractivity contribution in [2.24, 2.45) is 5.92 Å². The summed E-state index contributed by atoms with van der Waals surface area (Å²) in [4.78, 5) is 0. The van der Waals surface area contributed by atoms with E-state index in [1.165, 1.54) is 18.9 Å². The Kier molecular flexibility index (Phi) is 4.00. The van der Waals surface area contributed by atoms with Gasteiger partial charge in [-0.2, -0.15) is 0 Å². The van der Waals surface area contributed by atoms with E-state index in [2.05, 4.69) is 5.32 Å². The number of rotatable bonds is 5. The lowest BCUT2D eigenvalue weighted by atomic mass is 10.00. The van der Waals surface area contributed by atoms with Gasteiger partial charge in [0.15, 0.2) is 0 Å². The van der Waals surface area contributed by atoms with Gasteiger partial charge in [0.05, 0.1) is 5.02 Å². The molecule has 0 amide bonds. The third kappa shape index (κ3) is 3.17. The third-order valence-corrected chi connectivity index (χ3v) is 3.61. The molecule has 4 heteroatoms. The molecule has 2 rings (SSSR count). The summed E-state index contributed by atoms with van der Waals surface area (Å²) in [6.07, 6.45) is 4.44. The Morgan fingerprint density at radius 2 is 2.06 bits per heavy atom. The Labute approximate surface area is 105 Å². The van der Waals surface area contributed by atoms with Crippen LogP contribution in [0.4, 0.5) is 8.78 Å². The van der Waals surface area contributed by atoms with E-state index in [0.29, 0.717) is 5.56 Å². The molecule has 1 atom stereocenters. The molecule has 0 aromatic heterocycles. The van der Waals surface area contributed by atoms with Gasteiger partial charge in [-0.15, -0.1) is 0 Å². The molecule has 17 heavy (non-hydrogen) atoms. The van der Waals surface area contributed by atoms with E-state index >= 15 is 0 Å². The molecule has 1 fully saturated rings. The predicted molar refractivity (Wildman–Crippen MR) is 65.1 cm³/mol. The summed E-state index contributed by atoms with van der Waals surface area (Å²) < 4.78 is 27.1. The summed E-state index contributed by atoms with van der Waals surface area (Å²) >= 11 is 5.54. The normalized spacial score (nSPS) is 17.2. The van der Waals surface area contributed by atoms with Gasteiger partial charge in [0, 0.05) is 11.6 Å². The summed E-state index contributed by atoms with van der Waals surface area (Å²) in [5, 5.41) is 2.88. The zero-order valence-corrected chi connectivity index (χ0v) is 10.5. The van der Waals surface area contributed by atoms with Gasteiger partial charge in [-0.25, -0.2) is 8.78 Å². The van der Waals surface area contributed by atoms with Crippen molar-refractivity contribution in [1.82, 2.24) is 5.32 Å². The monoisotopic (exact) mass is 259 g/mol. The maximum absolute atomic E-state index is 13.7. The van der Waals surface area contributed by atoms with Gasteiger partial charge in [0.25, 0.3) is 0 Å². The summed E-state index contributed by atoms with van der Waals surface area (Å²) in [6, 6.07) is 2.11. The SMILES string of the molecule is CNC(CCC1CC1)c1cc(F)c(Cl)cc1F. The Hall–Kier alpha value is -0.670. The fourth-order valence-corrected chi connectivity index (χ4v) is 2.22. The number of hydrogen-bond donors (Lipinski definition) is 1. The van der Waals surface area contributed by atoms with Crippen molar-refractivity contribution in [3.8, 4) is 0 Å². The van der Waals surface area contributed by atoms with Gasteiger partial charge in [-0.1, -0.05) is 24.4 Å². The molecule has 0 aliphatic heterocycles.